The normalized spacial score (nSPS) is 15.8. The lowest BCUT2D eigenvalue weighted by molar-refractivity contribution is -0.138. The molecule has 1 aliphatic heterocycles. The van der Waals surface area contributed by atoms with E-state index in [1.165, 1.54) is 17.0 Å². The van der Waals surface area contributed by atoms with Crippen molar-refractivity contribution in [3.63, 3.8) is 0 Å². The third-order valence-corrected chi connectivity index (χ3v) is 3.89. The third-order valence-electron chi connectivity index (χ3n) is 3.89. The van der Waals surface area contributed by atoms with Crippen LogP contribution in [0.3, 0.4) is 0 Å². The first-order valence-corrected chi connectivity index (χ1v) is 6.80. The van der Waals surface area contributed by atoms with Gasteiger partial charge in [-0.2, -0.15) is 13.2 Å². The van der Waals surface area contributed by atoms with Crippen LogP contribution >= 0.6 is 0 Å². The zero-order valence-electron chi connectivity index (χ0n) is 11.8. The van der Waals surface area contributed by atoms with Gasteiger partial charge in [0.25, 0.3) is 5.91 Å². The van der Waals surface area contributed by atoms with Crippen LogP contribution in [0.15, 0.2) is 42.6 Å². The first kappa shape index (κ1) is 14.6. The molecule has 3 rings (SSSR count). The molecule has 1 atom stereocenters. The minimum Gasteiger partial charge on any atom is -0.326 e. The smallest absolute Gasteiger partial charge is 0.326 e. The maximum atomic E-state index is 13.1. The topological polar surface area (TPSA) is 33.2 Å². The highest BCUT2D eigenvalue weighted by molar-refractivity contribution is 5.98. The van der Waals surface area contributed by atoms with Crippen LogP contribution in [0.1, 0.15) is 40.1 Å². The second-order valence-corrected chi connectivity index (χ2v) is 5.19. The van der Waals surface area contributed by atoms with Crippen LogP contribution in [0.5, 0.6) is 0 Å². The molecule has 1 aromatic heterocycles. The fourth-order valence-corrected chi connectivity index (χ4v) is 2.75. The molecule has 0 saturated heterocycles. The van der Waals surface area contributed by atoms with Crippen LogP contribution in [-0.4, -0.2) is 15.8 Å². The lowest BCUT2D eigenvalue weighted by Gasteiger charge is -2.27. The van der Waals surface area contributed by atoms with E-state index in [0.29, 0.717) is 11.3 Å². The summed E-state index contributed by atoms with van der Waals surface area (Å²) in [6.07, 6.45) is -2.87. The molecule has 114 valence electrons. The highest BCUT2D eigenvalue weighted by atomic mass is 19.4. The van der Waals surface area contributed by atoms with E-state index in [1.807, 2.05) is 0 Å². The number of carbonyl (C=O) groups excluding carboxylic acids is 1. The average molecular weight is 306 g/mol. The monoisotopic (exact) mass is 306 g/mol. The Kier molecular flexibility index (Phi) is 3.39. The first-order valence-electron chi connectivity index (χ1n) is 6.80. The molecule has 0 aliphatic carbocycles. The lowest BCUT2D eigenvalue weighted by Crippen LogP contribution is -2.29. The van der Waals surface area contributed by atoms with E-state index in [1.54, 1.807) is 31.3 Å². The number of hydrogen-bond acceptors (Lipinski definition) is 2. The molecule has 1 unspecified atom stereocenters. The highest BCUT2D eigenvalue weighted by Crippen LogP contribution is 2.38. The maximum Gasteiger partial charge on any atom is 0.416 e. The van der Waals surface area contributed by atoms with Crippen molar-refractivity contribution in [3.8, 4) is 0 Å². The molecule has 0 radical (unpaired) electrons. The Morgan fingerprint density at radius 3 is 2.59 bits per heavy atom. The largest absolute Gasteiger partial charge is 0.416 e. The summed E-state index contributed by atoms with van der Waals surface area (Å²) < 4.78 is 39.4. The van der Waals surface area contributed by atoms with E-state index in [-0.39, 0.29) is 18.0 Å². The molecule has 22 heavy (non-hydrogen) atoms. The fraction of sp³-hybridized carbons (Fsp3) is 0.250. The van der Waals surface area contributed by atoms with Crippen molar-refractivity contribution < 1.29 is 18.0 Å². The van der Waals surface area contributed by atoms with E-state index in [0.717, 1.165) is 6.07 Å². The van der Waals surface area contributed by atoms with E-state index in [4.69, 9.17) is 0 Å². The van der Waals surface area contributed by atoms with Crippen LogP contribution in [-0.2, 0) is 12.7 Å². The predicted molar refractivity (Wildman–Crippen MR) is 74.0 cm³/mol. The van der Waals surface area contributed by atoms with E-state index < -0.39 is 17.8 Å². The van der Waals surface area contributed by atoms with Gasteiger partial charge in [0.1, 0.15) is 0 Å². The van der Waals surface area contributed by atoms with Gasteiger partial charge in [-0.3, -0.25) is 9.78 Å². The van der Waals surface area contributed by atoms with Crippen LogP contribution in [0, 0.1) is 0 Å². The van der Waals surface area contributed by atoms with Gasteiger partial charge in [-0.1, -0.05) is 18.2 Å². The molecule has 1 aliphatic rings. The SMILES string of the molecule is CC(c1ccccc1C(F)(F)F)N1Cc2ncccc2C1=O. The molecule has 0 fully saturated rings. The highest BCUT2D eigenvalue weighted by Gasteiger charge is 2.38. The first-order chi connectivity index (χ1) is 10.4. The summed E-state index contributed by atoms with van der Waals surface area (Å²) in [5.74, 6) is -0.285. The quantitative estimate of drug-likeness (QED) is 0.845. The second kappa shape index (κ2) is 5.12. The summed E-state index contributed by atoms with van der Waals surface area (Å²) in [5, 5.41) is 0. The Morgan fingerprint density at radius 2 is 1.91 bits per heavy atom. The second-order valence-electron chi connectivity index (χ2n) is 5.19. The number of hydrogen-bond donors (Lipinski definition) is 0. The molecule has 0 spiro atoms. The number of fused-ring (bicyclic) bond motifs is 1. The molecule has 3 nitrogen and oxygen atoms in total. The lowest BCUT2D eigenvalue weighted by atomic mass is 10.00. The molecule has 2 heterocycles. The van der Waals surface area contributed by atoms with Crippen molar-refractivity contribution >= 4 is 5.91 Å². The van der Waals surface area contributed by atoms with Gasteiger partial charge in [0, 0.05) is 6.20 Å². The summed E-state index contributed by atoms with van der Waals surface area (Å²) in [6.45, 7) is 1.83. The zero-order valence-corrected chi connectivity index (χ0v) is 11.8. The van der Waals surface area contributed by atoms with Crippen LogP contribution in [0.2, 0.25) is 0 Å². The van der Waals surface area contributed by atoms with Gasteiger partial charge in [-0.15, -0.1) is 0 Å². The average Bonchev–Trinajstić information content (AvgIpc) is 2.83. The van der Waals surface area contributed by atoms with Crippen molar-refractivity contribution in [1.29, 1.82) is 0 Å². The third kappa shape index (κ3) is 2.34. The summed E-state index contributed by atoms with van der Waals surface area (Å²) in [6, 6.07) is 7.96. The number of halogens is 3. The van der Waals surface area contributed by atoms with Gasteiger partial charge < -0.3 is 4.90 Å². The Balaban J connectivity index is 1.97. The number of amides is 1. The molecule has 0 bridgehead atoms. The minimum atomic E-state index is -4.45. The number of rotatable bonds is 2. The summed E-state index contributed by atoms with van der Waals surface area (Å²) in [5.41, 5.74) is 0.443. The van der Waals surface area contributed by atoms with Gasteiger partial charge in [0.15, 0.2) is 0 Å². The van der Waals surface area contributed by atoms with Crippen LogP contribution < -0.4 is 0 Å². The van der Waals surface area contributed by atoms with Gasteiger partial charge in [0.05, 0.1) is 29.4 Å². The maximum absolute atomic E-state index is 13.1. The summed E-state index contributed by atoms with van der Waals surface area (Å²) in [7, 11) is 0. The number of aromatic nitrogens is 1. The number of pyridine rings is 1. The Labute approximate surface area is 125 Å². The summed E-state index contributed by atoms with van der Waals surface area (Å²) >= 11 is 0. The standard InChI is InChI=1S/C16H13F3N2O/c1-10(11-5-2-3-7-13(11)16(17,18)19)21-9-14-12(15(21)22)6-4-8-20-14/h2-8,10H,9H2,1H3. The molecule has 2 aromatic rings. The van der Waals surface area contributed by atoms with Crippen molar-refractivity contribution in [2.45, 2.75) is 25.7 Å². The molecular weight excluding hydrogens is 293 g/mol. The molecule has 0 N–H and O–H groups in total. The van der Waals surface area contributed by atoms with Crippen LogP contribution in [0.25, 0.3) is 0 Å². The van der Waals surface area contributed by atoms with Crippen molar-refractivity contribution in [1.82, 2.24) is 9.88 Å². The van der Waals surface area contributed by atoms with Crippen molar-refractivity contribution in [2.24, 2.45) is 0 Å². The Morgan fingerprint density at radius 1 is 1.18 bits per heavy atom. The van der Waals surface area contributed by atoms with Crippen molar-refractivity contribution in [2.75, 3.05) is 0 Å². The van der Waals surface area contributed by atoms with Gasteiger partial charge in [-0.05, 0) is 30.7 Å². The number of carbonyl (C=O) groups is 1. The van der Waals surface area contributed by atoms with E-state index in [9.17, 15) is 18.0 Å². The van der Waals surface area contributed by atoms with E-state index >= 15 is 0 Å². The van der Waals surface area contributed by atoms with Gasteiger partial charge in [-0.25, -0.2) is 0 Å². The number of nitrogens with zero attached hydrogens (tertiary/aromatic N) is 2. The number of benzene rings is 1. The van der Waals surface area contributed by atoms with Crippen LogP contribution in [0.4, 0.5) is 13.2 Å². The van der Waals surface area contributed by atoms with Gasteiger partial charge >= 0.3 is 6.18 Å². The molecule has 1 aromatic carbocycles. The molecule has 6 heteroatoms. The Bertz CT molecular complexity index is 727. The molecular formula is C16H13F3N2O. The molecule has 1 amide bonds. The van der Waals surface area contributed by atoms with Gasteiger partial charge in [0.2, 0.25) is 0 Å². The fourth-order valence-electron chi connectivity index (χ4n) is 2.75. The summed E-state index contributed by atoms with van der Waals surface area (Å²) in [4.78, 5) is 17.9. The minimum absolute atomic E-state index is 0.0937. The zero-order chi connectivity index (χ0) is 15.9. The van der Waals surface area contributed by atoms with E-state index in [2.05, 4.69) is 4.98 Å². The number of alkyl halides is 3. The Hall–Kier alpha value is -2.37. The van der Waals surface area contributed by atoms with Crippen molar-refractivity contribution in [3.05, 3.63) is 65.0 Å². The molecule has 0 saturated carbocycles. The predicted octanol–water partition coefficient (Wildman–Crippen LogP) is 3.82.